The van der Waals surface area contributed by atoms with Crippen LogP contribution in [0.4, 0.5) is 0 Å². The summed E-state index contributed by atoms with van der Waals surface area (Å²) in [6.45, 7) is 2.53. The third-order valence-corrected chi connectivity index (χ3v) is 8.37. The fourth-order valence-corrected chi connectivity index (χ4v) is 6.45. The van der Waals surface area contributed by atoms with Crippen molar-refractivity contribution >= 4 is 54.9 Å². The van der Waals surface area contributed by atoms with Crippen LogP contribution >= 0.6 is 39.1 Å². The number of nitrogens with one attached hydrogen (secondary N) is 2. The molecule has 1 heterocycles. The Labute approximate surface area is 217 Å². The maximum Gasteiger partial charge on any atom is 0.242 e. The van der Waals surface area contributed by atoms with Gasteiger partial charge in [-0.3, -0.25) is 0 Å². The van der Waals surface area contributed by atoms with E-state index in [-0.39, 0.29) is 10.9 Å². The van der Waals surface area contributed by atoms with Crippen molar-refractivity contribution in [2.45, 2.75) is 30.3 Å². The van der Waals surface area contributed by atoms with Crippen LogP contribution in [0.5, 0.6) is 5.75 Å². The SMILES string of the molecule is CCOc1ccc(C2CC(C(NS(=O)(=O)c3ccccc3Br)c3ccc(Cl)cc3Cl)=NN2)cc1. The predicted molar refractivity (Wildman–Crippen MR) is 139 cm³/mol. The zero-order chi connectivity index (χ0) is 24.3. The largest absolute Gasteiger partial charge is 0.494 e. The van der Waals surface area contributed by atoms with Gasteiger partial charge < -0.3 is 10.2 Å². The fraction of sp³-hybridized carbons (Fsp3) is 0.208. The summed E-state index contributed by atoms with van der Waals surface area (Å²) >= 11 is 15.9. The van der Waals surface area contributed by atoms with E-state index in [4.69, 9.17) is 27.9 Å². The molecule has 0 fully saturated rings. The van der Waals surface area contributed by atoms with E-state index in [2.05, 4.69) is 31.2 Å². The molecule has 0 saturated heterocycles. The predicted octanol–water partition coefficient (Wildman–Crippen LogP) is 6.26. The first kappa shape index (κ1) is 25.0. The molecule has 3 aromatic rings. The molecule has 10 heteroatoms. The Kier molecular flexibility index (Phi) is 7.84. The molecule has 2 atom stereocenters. The minimum atomic E-state index is -3.91. The highest BCUT2D eigenvalue weighted by atomic mass is 79.9. The lowest BCUT2D eigenvalue weighted by molar-refractivity contribution is 0.340. The van der Waals surface area contributed by atoms with Crippen molar-refractivity contribution in [3.8, 4) is 5.75 Å². The van der Waals surface area contributed by atoms with Crippen molar-refractivity contribution < 1.29 is 13.2 Å². The number of sulfonamides is 1. The summed E-state index contributed by atoms with van der Waals surface area (Å²) in [4.78, 5) is 0.125. The van der Waals surface area contributed by atoms with Crippen LogP contribution in [0.2, 0.25) is 10.0 Å². The molecule has 4 rings (SSSR count). The Morgan fingerprint density at radius 3 is 2.56 bits per heavy atom. The zero-order valence-electron chi connectivity index (χ0n) is 18.1. The lowest BCUT2D eigenvalue weighted by atomic mass is 9.96. The van der Waals surface area contributed by atoms with Crippen molar-refractivity contribution in [1.29, 1.82) is 0 Å². The Bertz CT molecular complexity index is 1320. The molecule has 0 spiro atoms. The highest BCUT2D eigenvalue weighted by molar-refractivity contribution is 9.10. The molecule has 0 saturated carbocycles. The maximum atomic E-state index is 13.3. The highest BCUT2D eigenvalue weighted by Gasteiger charge is 2.32. The molecule has 0 aliphatic carbocycles. The number of rotatable bonds is 8. The quantitative estimate of drug-likeness (QED) is 0.328. The smallest absolute Gasteiger partial charge is 0.242 e. The van der Waals surface area contributed by atoms with Gasteiger partial charge in [0, 0.05) is 20.9 Å². The van der Waals surface area contributed by atoms with E-state index in [1.54, 1.807) is 36.4 Å². The average molecular weight is 583 g/mol. The topological polar surface area (TPSA) is 79.8 Å². The minimum Gasteiger partial charge on any atom is -0.494 e. The Morgan fingerprint density at radius 2 is 1.88 bits per heavy atom. The van der Waals surface area contributed by atoms with E-state index < -0.39 is 16.1 Å². The van der Waals surface area contributed by atoms with Crippen LogP contribution in [0.1, 0.15) is 36.6 Å². The summed E-state index contributed by atoms with van der Waals surface area (Å²) in [5.74, 6) is 0.789. The molecular weight excluding hydrogens is 561 g/mol. The number of halogens is 3. The second kappa shape index (κ2) is 10.7. The summed E-state index contributed by atoms with van der Waals surface area (Å²) in [5, 5.41) is 5.30. The van der Waals surface area contributed by atoms with E-state index in [1.165, 1.54) is 6.07 Å². The molecule has 0 bridgehead atoms. The summed E-state index contributed by atoms with van der Waals surface area (Å²) in [6, 6.07) is 18.4. The Hall–Kier alpha value is -2.10. The monoisotopic (exact) mass is 581 g/mol. The van der Waals surface area contributed by atoms with Gasteiger partial charge in [-0.15, -0.1) is 0 Å². The molecule has 0 radical (unpaired) electrons. The van der Waals surface area contributed by atoms with E-state index in [0.29, 0.717) is 38.8 Å². The van der Waals surface area contributed by atoms with Gasteiger partial charge in [-0.1, -0.05) is 53.5 Å². The molecule has 1 aliphatic rings. The number of ether oxygens (including phenoxy) is 1. The molecular formula is C24H22BrCl2N3O3S. The molecule has 2 N–H and O–H groups in total. The van der Waals surface area contributed by atoms with Gasteiger partial charge in [0.05, 0.1) is 29.3 Å². The first-order valence-electron chi connectivity index (χ1n) is 10.5. The van der Waals surface area contributed by atoms with Crippen LogP contribution in [0.3, 0.4) is 0 Å². The average Bonchev–Trinajstić information content (AvgIpc) is 3.29. The van der Waals surface area contributed by atoms with Gasteiger partial charge in [0.2, 0.25) is 10.0 Å². The summed E-state index contributed by atoms with van der Waals surface area (Å²) in [7, 11) is -3.91. The number of hydrogen-bond acceptors (Lipinski definition) is 5. The molecule has 1 aliphatic heterocycles. The maximum absolute atomic E-state index is 13.3. The van der Waals surface area contributed by atoms with Crippen molar-refractivity contribution in [2.75, 3.05) is 6.61 Å². The second-order valence-corrected chi connectivity index (χ2v) is 11.0. The molecule has 2 unspecified atom stereocenters. The number of nitrogens with zero attached hydrogens (tertiary/aromatic N) is 1. The molecule has 0 amide bonds. The van der Waals surface area contributed by atoms with Gasteiger partial charge in [-0.2, -0.15) is 9.82 Å². The molecule has 178 valence electrons. The Balaban J connectivity index is 1.64. The highest BCUT2D eigenvalue weighted by Crippen LogP contribution is 2.34. The minimum absolute atomic E-state index is 0.118. The number of hydrogen-bond donors (Lipinski definition) is 2. The Morgan fingerprint density at radius 1 is 1.15 bits per heavy atom. The van der Waals surface area contributed by atoms with Gasteiger partial charge in [0.25, 0.3) is 0 Å². The van der Waals surface area contributed by atoms with Gasteiger partial charge in [-0.05, 0) is 70.4 Å². The van der Waals surface area contributed by atoms with E-state index in [1.807, 2.05) is 31.2 Å². The fourth-order valence-electron chi connectivity index (χ4n) is 3.73. The molecule has 34 heavy (non-hydrogen) atoms. The molecule has 0 aromatic heterocycles. The van der Waals surface area contributed by atoms with E-state index in [0.717, 1.165) is 11.3 Å². The third-order valence-electron chi connectivity index (χ3n) is 5.38. The van der Waals surface area contributed by atoms with Crippen LogP contribution < -0.4 is 14.9 Å². The van der Waals surface area contributed by atoms with Crippen LogP contribution in [0.15, 0.2) is 81.2 Å². The first-order chi connectivity index (χ1) is 16.3. The van der Waals surface area contributed by atoms with Gasteiger partial charge >= 0.3 is 0 Å². The van der Waals surface area contributed by atoms with Crippen LogP contribution in [-0.4, -0.2) is 20.7 Å². The summed E-state index contributed by atoms with van der Waals surface area (Å²) in [5.41, 5.74) is 5.31. The third kappa shape index (κ3) is 5.58. The lowest BCUT2D eigenvalue weighted by Crippen LogP contribution is -2.34. The van der Waals surface area contributed by atoms with E-state index >= 15 is 0 Å². The van der Waals surface area contributed by atoms with Gasteiger partial charge in [0.1, 0.15) is 5.75 Å². The van der Waals surface area contributed by atoms with Crippen molar-refractivity contribution in [3.05, 3.63) is 92.4 Å². The first-order valence-corrected chi connectivity index (χ1v) is 13.6. The van der Waals surface area contributed by atoms with Crippen molar-refractivity contribution in [1.82, 2.24) is 10.1 Å². The number of benzene rings is 3. The van der Waals surface area contributed by atoms with Crippen molar-refractivity contribution in [3.63, 3.8) is 0 Å². The zero-order valence-corrected chi connectivity index (χ0v) is 22.0. The van der Waals surface area contributed by atoms with Crippen molar-refractivity contribution in [2.24, 2.45) is 5.10 Å². The number of hydrazone groups is 1. The van der Waals surface area contributed by atoms with Crippen LogP contribution in [0, 0.1) is 0 Å². The summed E-state index contributed by atoms with van der Waals surface area (Å²) < 4.78 is 35.4. The summed E-state index contributed by atoms with van der Waals surface area (Å²) in [6.07, 6.45) is 0.482. The van der Waals surface area contributed by atoms with Crippen LogP contribution in [0.25, 0.3) is 0 Å². The van der Waals surface area contributed by atoms with Crippen LogP contribution in [-0.2, 0) is 10.0 Å². The normalized spacial score (nSPS) is 16.6. The lowest BCUT2D eigenvalue weighted by Gasteiger charge is -2.21. The molecule has 3 aromatic carbocycles. The van der Waals surface area contributed by atoms with Gasteiger partial charge in [-0.25, -0.2) is 8.42 Å². The second-order valence-electron chi connectivity index (χ2n) is 7.64. The van der Waals surface area contributed by atoms with Gasteiger partial charge in [0.15, 0.2) is 0 Å². The molecule has 6 nitrogen and oxygen atoms in total. The van der Waals surface area contributed by atoms with E-state index in [9.17, 15) is 8.42 Å². The standard InChI is InChI=1S/C24H22BrCl2N3O3S/c1-2-33-17-10-7-15(8-11-17)21-14-22(29-28-21)24(18-12-9-16(26)13-20(18)27)30-34(31,32)23-6-4-3-5-19(23)25/h3-13,21,24,28,30H,2,14H2,1H3.